The van der Waals surface area contributed by atoms with Crippen molar-refractivity contribution in [1.29, 1.82) is 5.26 Å². The van der Waals surface area contributed by atoms with E-state index in [0.717, 1.165) is 5.56 Å². The molecule has 0 spiro atoms. The van der Waals surface area contributed by atoms with Crippen molar-refractivity contribution in [3.63, 3.8) is 0 Å². The summed E-state index contributed by atoms with van der Waals surface area (Å²) in [6, 6.07) is 8.80. The van der Waals surface area contributed by atoms with Crippen LogP contribution in [-0.4, -0.2) is 83.5 Å². The van der Waals surface area contributed by atoms with Crippen LogP contribution in [0.3, 0.4) is 0 Å². The van der Waals surface area contributed by atoms with E-state index in [1.807, 2.05) is 6.07 Å². The van der Waals surface area contributed by atoms with Gasteiger partial charge in [0.15, 0.2) is 15.5 Å². The van der Waals surface area contributed by atoms with Gasteiger partial charge in [-0.05, 0) is 56.3 Å². The van der Waals surface area contributed by atoms with E-state index >= 15 is 0 Å². The zero-order chi connectivity index (χ0) is 30.5. The van der Waals surface area contributed by atoms with Crippen LogP contribution in [-0.2, 0) is 38.9 Å². The number of nitrogens with one attached hydrogen (secondary N) is 1. The van der Waals surface area contributed by atoms with Crippen molar-refractivity contribution in [3.05, 3.63) is 62.8 Å². The molecule has 14 nitrogen and oxygen atoms in total. The summed E-state index contributed by atoms with van der Waals surface area (Å²) in [5.41, 5.74) is 10.4. The molecule has 1 aliphatic carbocycles. The number of hydrogen-bond acceptors (Lipinski definition) is 9. The number of carbonyl (C=O) groups excluding carboxylic acids is 3. The van der Waals surface area contributed by atoms with E-state index in [-0.39, 0.29) is 63.7 Å². The minimum absolute atomic E-state index is 0.0566. The summed E-state index contributed by atoms with van der Waals surface area (Å²) in [6.45, 7) is 3.60. The highest BCUT2D eigenvalue weighted by atomic mass is 32.2. The van der Waals surface area contributed by atoms with Crippen LogP contribution in [0.5, 0.6) is 0 Å². The first kappa shape index (κ1) is 30.7. The second-order valence-electron chi connectivity index (χ2n) is 10.8. The Hall–Kier alpha value is -4.25. The average molecular weight is 597 g/mol. The van der Waals surface area contributed by atoms with E-state index in [9.17, 15) is 22.8 Å². The fourth-order valence-electron chi connectivity index (χ4n) is 4.96. The lowest BCUT2D eigenvalue weighted by atomic mass is 10.0. The van der Waals surface area contributed by atoms with Crippen molar-refractivity contribution in [3.8, 4) is 6.07 Å². The van der Waals surface area contributed by atoms with Crippen LogP contribution in [0.4, 0.5) is 0 Å². The number of sulfone groups is 1. The number of aldehydes is 1. The van der Waals surface area contributed by atoms with E-state index in [4.69, 9.17) is 15.5 Å². The fraction of sp³-hybridized carbons (Fsp3) is 0.519. The lowest BCUT2D eigenvalue weighted by molar-refractivity contribution is -0.109. The summed E-state index contributed by atoms with van der Waals surface area (Å²) >= 11 is 0. The van der Waals surface area contributed by atoms with Crippen LogP contribution in [0.1, 0.15) is 64.4 Å². The van der Waals surface area contributed by atoms with Crippen LogP contribution in [0.25, 0.3) is 10.4 Å². The van der Waals surface area contributed by atoms with E-state index in [2.05, 4.69) is 20.4 Å². The highest BCUT2D eigenvalue weighted by molar-refractivity contribution is 7.95. The number of azide groups is 1. The predicted octanol–water partition coefficient (Wildman–Crippen LogP) is 1.93. The molecule has 0 radical (unpaired) electrons. The first-order chi connectivity index (χ1) is 20.0. The number of nitrogens with zero attached hydrogens (tertiary/aromatic N) is 7. The Labute approximate surface area is 243 Å². The molecule has 1 N–H and O–H groups in total. The van der Waals surface area contributed by atoms with Crippen molar-refractivity contribution in [1.82, 2.24) is 20.0 Å². The lowest BCUT2D eigenvalue weighted by Gasteiger charge is -2.33. The topological polar surface area (TPSA) is 200 Å². The lowest BCUT2D eigenvalue weighted by Crippen LogP contribution is -2.51. The number of aromatic nitrogens is 2. The van der Waals surface area contributed by atoms with Crippen LogP contribution in [0, 0.1) is 11.3 Å². The molecule has 1 aliphatic heterocycles. The number of ether oxygens (including phenoxy) is 1. The summed E-state index contributed by atoms with van der Waals surface area (Å²) in [6.07, 6.45) is 1.42. The van der Waals surface area contributed by atoms with Gasteiger partial charge in [0.25, 0.3) is 11.8 Å². The first-order valence-electron chi connectivity index (χ1n) is 13.5. The number of hydrogen-bond donors (Lipinski definition) is 1. The maximum Gasteiger partial charge on any atom is 0.272 e. The number of amides is 2. The normalized spacial score (nSPS) is 15.7. The molecule has 1 aromatic carbocycles. The number of rotatable bonds is 14. The molecular formula is C27H32N8O6S. The number of nitriles is 1. The quantitative estimate of drug-likeness (QED) is 0.112. The van der Waals surface area contributed by atoms with Gasteiger partial charge in [0.1, 0.15) is 16.7 Å². The van der Waals surface area contributed by atoms with Gasteiger partial charge in [-0.25, -0.2) is 8.42 Å². The van der Waals surface area contributed by atoms with Gasteiger partial charge in [0.2, 0.25) is 0 Å². The monoisotopic (exact) mass is 596 g/mol. The third kappa shape index (κ3) is 6.01. The fourth-order valence-corrected chi connectivity index (χ4v) is 7.16. The Bertz CT molecular complexity index is 1560. The van der Waals surface area contributed by atoms with Gasteiger partial charge >= 0.3 is 0 Å². The molecule has 4 rings (SSSR count). The van der Waals surface area contributed by atoms with E-state index in [1.165, 1.54) is 23.4 Å². The van der Waals surface area contributed by atoms with Gasteiger partial charge in [0, 0.05) is 36.7 Å². The zero-order valence-corrected chi connectivity index (χ0v) is 24.3. The van der Waals surface area contributed by atoms with Crippen LogP contribution in [0.15, 0.2) is 29.4 Å². The highest BCUT2D eigenvalue weighted by Gasteiger charge is 2.61. The Morgan fingerprint density at radius 1 is 1.31 bits per heavy atom. The van der Waals surface area contributed by atoms with Gasteiger partial charge in [-0.3, -0.25) is 14.3 Å². The first-order valence-corrected chi connectivity index (χ1v) is 14.9. The smallest absolute Gasteiger partial charge is 0.272 e. The molecular weight excluding hydrogens is 564 g/mol. The number of fused-ring (bicyclic) bond motifs is 1. The molecule has 2 amide bonds. The van der Waals surface area contributed by atoms with Crippen LogP contribution >= 0.6 is 0 Å². The molecule has 1 aromatic heterocycles. The third-order valence-corrected chi connectivity index (χ3v) is 10.8. The van der Waals surface area contributed by atoms with E-state index in [1.54, 1.807) is 24.3 Å². The Balaban J connectivity index is 1.56. The molecule has 0 atom stereocenters. The molecule has 2 aliphatic rings. The predicted molar refractivity (Wildman–Crippen MR) is 150 cm³/mol. The van der Waals surface area contributed by atoms with Gasteiger partial charge in [0.05, 0.1) is 36.1 Å². The number of carbonyl (C=O) groups is 3. The van der Waals surface area contributed by atoms with Crippen molar-refractivity contribution in [2.45, 2.75) is 55.7 Å². The minimum Gasteiger partial charge on any atom is -0.379 e. The Morgan fingerprint density at radius 3 is 2.64 bits per heavy atom. The van der Waals surface area contributed by atoms with Crippen molar-refractivity contribution >= 4 is 27.9 Å². The molecule has 0 saturated heterocycles. The van der Waals surface area contributed by atoms with Gasteiger partial charge in [-0.15, -0.1) is 0 Å². The van der Waals surface area contributed by atoms with E-state index < -0.39 is 31.1 Å². The molecule has 42 heavy (non-hydrogen) atoms. The third-order valence-electron chi connectivity index (χ3n) is 7.60. The van der Waals surface area contributed by atoms with Gasteiger partial charge < -0.3 is 19.7 Å². The Morgan fingerprint density at radius 2 is 2.02 bits per heavy atom. The summed E-state index contributed by atoms with van der Waals surface area (Å²) in [5.74, 6) is -0.928. The summed E-state index contributed by atoms with van der Waals surface area (Å²) in [5, 5.41) is 19.7. The summed E-state index contributed by atoms with van der Waals surface area (Å²) in [7, 11) is -3.88. The molecule has 15 heteroatoms. The SMILES string of the molecule is CC(C)(C=O)S(=O)(=O)C1(CN2CCc3c(C(=O)NCc4ccc(C#N)cc4)nn(CCOCCN=[N+]=[N-])c3C2=O)CC1. The van der Waals surface area contributed by atoms with Crippen molar-refractivity contribution in [2.75, 3.05) is 32.8 Å². The largest absolute Gasteiger partial charge is 0.379 e. The average Bonchev–Trinajstić information content (AvgIpc) is 3.69. The van der Waals surface area contributed by atoms with Crippen molar-refractivity contribution < 1.29 is 27.5 Å². The molecule has 1 fully saturated rings. The molecule has 1 saturated carbocycles. The van der Waals surface area contributed by atoms with Crippen LogP contribution in [0.2, 0.25) is 0 Å². The maximum absolute atomic E-state index is 13.8. The second kappa shape index (κ2) is 12.3. The standard InChI is InChI=1S/C27H32N8O6S/c1-26(2,18-36)42(39,40)27(8-9-27)17-34-11-7-21-22(24(37)30-16-20-5-3-19(15-28)4-6-20)32-35(23(21)25(34)38)12-14-41-13-10-31-33-29/h3-6,18H,7-14,16-17H2,1-2H3,(H,30,37). The summed E-state index contributed by atoms with van der Waals surface area (Å²) < 4.78 is 30.8. The number of benzene rings is 1. The van der Waals surface area contributed by atoms with Gasteiger partial charge in [-0.1, -0.05) is 17.2 Å². The van der Waals surface area contributed by atoms with Gasteiger partial charge in [-0.2, -0.15) is 10.4 Å². The minimum atomic E-state index is -3.88. The van der Waals surface area contributed by atoms with E-state index in [0.29, 0.717) is 30.3 Å². The highest BCUT2D eigenvalue weighted by Crippen LogP contribution is 2.48. The molecule has 2 aromatic rings. The maximum atomic E-state index is 13.8. The molecule has 0 unspecified atom stereocenters. The zero-order valence-electron chi connectivity index (χ0n) is 23.4. The Kier molecular flexibility index (Phi) is 9.00. The summed E-state index contributed by atoms with van der Waals surface area (Å²) in [4.78, 5) is 42.7. The van der Waals surface area contributed by atoms with Crippen molar-refractivity contribution in [2.24, 2.45) is 5.11 Å². The second-order valence-corrected chi connectivity index (χ2v) is 13.8. The molecule has 2 heterocycles. The molecule has 0 bridgehead atoms. The molecule has 222 valence electrons. The van der Waals surface area contributed by atoms with Crippen LogP contribution < -0.4 is 5.32 Å².